The number of rotatable bonds is 8. The first-order valence-corrected chi connectivity index (χ1v) is 9.02. The molecule has 1 atom stereocenters. The van der Waals surface area contributed by atoms with Gasteiger partial charge in [0.05, 0.1) is 18.4 Å². The molecule has 0 bridgehead atoms. The second kappa shape index (κ2) is 10.8. The smallest absolute Gasteiger partial charge is 0.246 e. The van der Waals surface area contributed by atoms with Crippen LogP contribution in [0.3, 0.4) is 0 Å². The van der Waals surface area contributed by atoms with E-state index in [-0.39, 0.29) is 18.6 Å². The van der Waals surface area contributed by atoms with E-state index in [2.05, 4.69) is 25.9 Å². The first-order valence-electron chi connectivity index (χ1n) is 9.02. The van der Waals surface area contributed by atoms with Crippen LogP contribution in [-0.2, 0) is 4.79 Å². The van der Waals surface area contributed by atoms with Crippen LogP contribution in [0.1, 0.15) is 19.4 Å². The van der Waals surface area contributed by atoms with Crippen LogP contribution in [-0.4, -0.2) is 42.6 Å². The molecule has 1 unspecified atom stereocenters. The van der Waals surface area contributed by atoms with Crippen molar-refractivity contribution in [2.24, 2.45) is 4.99 Å². The van der Waals surface area contributed by atoms with Crippen molar-refractivity contribution in [3.63, 3.8) is 0 Å². The van der Waals surface area contributed by atoms with Gasteiger partial charge in [-0.25, -0.2) is 4.99 Å². The molecule has 0 aliphatic heterocycles. The van der Waals surface area contributed by atoms with E-state index in [9.17, 15) is 4.79 Å². The number of nitrogens with zero attached hydrogens (tertiary/aromatic N) is 2. The average Bonchev–Trinajstić information content (AvgIpc) is 2.66. The van der Waals surface area contributed by atoms with Crippen LogP contribution in [0.4, 0.5) is 5.69 Å². The summed E-state index contributed by atoms with van der Waals surface area (Å²) < 4.78 is 5.95. The molecule has 3 N–H and O–H groups in total. The summed E-state index contributed by atoms with van der Waals surface area (Å²) in [6.45, 7) is 7.24. The number of nitrogens with one attached hydrogen (secondary N) is 3. The van der Waals surface area contributed by atoms with Gasteiger partial charge in [-0.2, -0.15) is 0 Å². The van der Waals surface area contributed by atoms with E-state index in [1.807, 2.05) is 45.0 Å². The number of hydrogen-bond donors (Lipinski definition) is 3. The number of guanidine groups is 1. The van der Waals surface area contributed by atoms with Crippen molar-refractivity contribution in [3.05, 3.63) is 54.4 Å². The third-order valence-corrected chi connectivity index (χ3v) is 3.65. The second-order valence-electron chi connectivity index (χ2n) is 6.06. The van der Waals surface area contributed by atoms with Gasteiger partial charge in [-0.3, -0.25) is 9.78 Å². The van der Waals surface area contributed by atoms with Gasteiger partial charge in [-0.15, -0.1) is 0 Å². The molecule has 7 nitrogen and oxygen atoms in total. The second-order valence-corrected chi connectivity index (χ2v) is 6.06. The van der Waals surface area contributed by atoms with Gasteiger partial charge < -0.3 is 20.7 Å². The van der Waals surface area contributed by atoms with Crippen molar-refractivity contribution < 1.29 is 9.53 Å². The molecule has 1 amide bonds. The summed E-state index contributed by atoms with van der Waals surface area (Å²) in [6.07, 6.45) is 3.19. The Morgan fingerprint density at radius 2 is 2.04 bits per heavy atom. The third kappa shape index (κ3) is 7.35. The van der Waals surface area contributed by atoms with Gasteiger partial charge in [-0.1, -0.05) is 18.2 Å². The number of aromatic nitrogens is 1. The summed E-state index contributed by atoms with van der Waals surface area (Å²) in [5, 5.41) is 9.08. The minimum absolute atomic E-state index is 0.0112. The molecule has 1 heterocycles. The molecule has 0 aliphatic carbocycles. The van der Waals surface area contributed by atoms with E-state index in [0.717, 1.165) is 11.3 Å². The Labute approximate surface area is 160 Å². The molecule has 27 heavy (non-hydrogen) atoms. The summed E-state index contributed by atoms with van der Waals surface area (Å²) in [6, 6.07) is 11.4. The summed E-state index contributed by atoms with van der Waals surface area (Å²) >= 11 is 0. The van der Waals surface area contributed by atoms with Crippen molar-refractivity contribution in [3.8, 4) is 5.75 Å². The third-order valence-electron chi connectivity index (χ3n) is 3.65. The fourth-order valence-electron chi connectivity index (χ4n) is 2.32. The molecule has 2 aromatic rings. The Morgan fingerprint density at radius 1 is 1.22 bits per heavy atom. The first kappa shape index (κ1) is 20.2. The van der Waals surface area contributed by atoms with E-state index < -0.39 is 0 Å². The zero-order chi connectivity index (χ0) is 19.5. The Bertz CT molecular complexity index is 749. The van der Waals surface area contributed by atoms with Gasteiger partial charge in [0.1, 0.15) is 18.4 Å². The van der Waals surface area contributed by atoms with Crippen molar-refractivity contribution in [2.75, 3.05) is 25.0 Å². The van der Waals surface area contributed by atoms with Gasteiger partial charge in [0.25, 0.3) is 0 Å². The minimum atomic E-state index is -0.204. The Morgan fingerprint density at radius 3 is 2.74 bits per heavy atom. The number of hydrogen-bond acceptors (Lipinski definition) is 4. The van der Waals surface area contributed by atoms with Gasteiger partial charge >= 0.3 is 0 Å². The van der Waals surface area contributed by atoms with Crippen LogP contribution in [0.25, 0.3) is 0 Å². The number of amides is 1. The quantitative estimate of drug-likeness (QED) is 0.491. The molecule has 1 aromatic carbocycles. The van der Waals surface area contributed by atoms with Crippen molar-refractivity contribution >= 4 is 17.6 Å². The maximum Gasteiger partial charge on any atom is 0.246 e. The Balaban J connectivity index is 1.83. The highest BCUT2D eigenvalue weighted by molar-refractivity contribution is 5.93. The van der Waals surface area contributed by atoms with Crippen LogP contribution in [0.2, 0.25) is 0 Å². The molecule has 2 rings (SSSR count). The standard InChI is InChI=1S/C20H27N5O2/c1-4-22-20(24-14-19(26)25-17-9-7-11-21-13-17)23-12-16(3)27-18-10-6-5-8-15(18)2/h5-11,13,16H,4,12,14H2,1-3H3,(H,25,26)(H2,22,23,24). The maximum atomic E-state index is 12.0. The molecule has 1 aromatic heterocycles. The van der Waals surface area contributed by atoms with Gasteiger partial charge in [0.15, 0.2) is 5.96 Å². The number of anilines is 1. The normalized spacial score (nSPS) is 12.2. The molecule has 0 saturated carbocycles. The van der Waals surface area contributed by atoms with E-state index in [1.54, 1.807) is 24.5 Å². The molecular weight excluding hydrogens is 342 g/mol. The average molecular weight is 369 g/mol. The number of aliphatic imine (C=N–C) groups is 1. The number of para-hydroxylation sites is 1. The van der Waals surface area contributed by atoms with Crippen molar-refractivity contribution in [1.29, 1.82) is 0 Å². The molecular formula is C20H27N5O2. The Kier molecular flexibility index (Phi) is 8.09. The van der Waals surface area contributed by atoms with Crippen LogP contribution in [0.5, 0.6) is 5.75 Å². The van der Waals surface area contributed by atoms with E-state index in [4.69, 9.17) is 4.74 Å². The summed E-state index contributed by atoms with van der Waals surface area (Å²) in [5.41, 5.74) is 1.74. The van der Waals surface area contributed by atoms with Crippen molar-refractivity contribution in [1.82, 2.24) is 15.6 Å². The topological polar surface area (TPSA) is 87.6 Å². The molecule has 0 spiro atoms. The summed E-state index contributed by atoms with van der Waals surface area (Å²) in [4.78, 5) is 20.3. The van der Waals surface area contributed by atoms with E-state index >= 15 is 0 Å². The lowest BCUT2D eigenvalue weighted by Gasteiger charge is -2.18. The van der Waals surface area contributed by atoms with E-state index in [1.165, 1.54) is 0 Å². The van der Waals surface area contributed by atoms with Crippen LogP contribution < -0.4 is 20.7 Å². The molecule has 0 fully saturated rings. The lowest BCUT2D eigenvalue weighted by Crippen LogP contribution is -2.42. The van der Waals surface area contributed by atoms with Gasteiger partial charge in [0.2, 0.25) is 5.91 Å². The fourth-order valence-corrected chi connectivity index (χ4v) is 2.32. The lowest BCUT2D eigenvalue weighted by atomic mass is 10.2. The molecule has 7 heteroatoms. The highest BCUT2D eigenvalue weighted by Gasteiger charge is 2.08. The van der Waals surface area contributed by atoms with Gasteiger partial charge in [0, 0.05) is 12.7 Å². The van der Waals surface area contributed by atoms with Crippen molar-refractivity contribution in [2.45, 2.75) is 26.9 Å². The number of carbonyl (C=O) groups excluding carboxylic acids is 1. The predicted molar refractivity (Wildman–Crippen MR) is 108 cm³/mol. The highest BCUT2D eigenvalue weighted by atomic mass is 16.5. The number of carbonyl (C=O) groups is 1. The number of pyridine rings is 1. The number of benzene rings is 1. The maximum absolute atomic E-state index is 12.0. The lowest BCUT2D eigenvalue weighted by molar-refractivity contribution is -0.114. The number of ether oxygens (including phenoxy) is 1. The summed E-state index contributed by atoms with van der Waals surface area (Å²) in [5.74, 6) is 1.23. The van der Waals surface area contributed by atoms with Crippen LogP contribution >= 0.6 is 0 Å². The van der Waals surface area contributed by atoms with Gasteiger partial charge in [-0.05, 0) is 44.5 Å². The fraction of sp³-hybridized carbons (Fsp3) is 0.350. The highest BCUT2D eigenvalue weighted by Crippen LogP contribution is 2.17. The number of aryl methyl sites for hydroxylation is 1. The monoisotopic (exact) mass is 369 g/mol. The predicted octanol–water partition coefficient (Wildman–Crippen LogP) is 2.35. The van der Waals surface area contributed by atoms with Crippen LogP contribution in [0.15, 0.2) is 53.8 Å². The zero-order valence-corrected chi connectivity index (χ0v) is 16.0. The minimum Gasteiger partial charge on any atom is -0.489 e. The SMILES string of the molecule is CCNC(=NCC(=O)Nc1cccnc1)NCC(C)Oc1ccccc1C. The molecule has 0 radical (unpaired) electrons. The molecule has 0 aliphatic rings. The van der Waals surface area contributed by atoms with E-state index in [0.29, 0.717) is 24.7 Å². The first-order chi connectivity index (χ1) is 13.1. The van der Waals surface area contributed by atoms with Crippen LogP contribution in [0, 0.1) is 6.92 Å². The summed E-state index contributed by atoms with van der Waals surface area (Å²) in [7, 11) is 0. The Hall–Kier alpha value is -3.09. The zero-order valence-electron chi connectivity index (χ0n) is 16.0. The largest absolute Gasteiger partial charge is 0.489 e. The molecule has 0 saturated heterocycles. The molecule has 144 valence electrons.